The van der Waals surface area contributed by atoms with Gasteiger partial charge >= 0.3 is 0 Å². The highest BCUT2D eigenvalue weighted by Gasteiger charge is 2.10. The molecule has 0 fully saturated rings. The summed E-state index contributed by atoms with van der Waals surface area (Å²) in [6.45, 7) is 0. The van der Waals surface area contributed by atoms with Crippen molar-refractivity contribution in [3.05, 3.63) is 42.5 Å². The lowest BCUT2D eigenvalue weighted by molar-refractivity contribution is 0.474. The van der Waals surface area contributed by atoms with Crippen molar-refractivity contribution in [1.82, 2.24) is 9.97 Å². The van der Waals surface area contributed by atoms with E-state index in [4.69, 9.17) is 0 Å². The van der Waals surface area contributed by atoms with E-state index in [-0.39, 0.29) is 11.6 Å². The summed E-state index contributed by atoms with van der Waals surface area (Å²) in [7, 11) is 0. The molecule has 0 amide bonds. The first-order valence-electron chi connectivity index (χ1n) is 4.93. The van der Waals surface area contributed by atoms with Gasteiger partial charge in [-0.05, 0) is 18.2 Å². The van der Waals surface area contributed by atoms with Crippen LogP contribution in [0.3, 0.4) is 0 Å². The van der Waals surface area contributed by atoms with Crippen LogP contribution in [0.1, 0.15) is 0 Å². The van der Waals surface area contributed by atoms with E-state index in [0.29, 0.717) is 16.1 Å². The van der Waals surface area contributed by atoms with Crippen LogP contribution < -0.4 is 0 Å². The topological polar surface area (TPSA) is 46.0 Å². The van der Waals surface area contributed by atoms with Gasteiger partial charge in [0.25, 0.3) is 0 Å². The van der Waals surface area contributed by atoms with Crippen molar-refractivity contribution in [3.8, 4) is 16.3 Å². The molecular weight excluding hydrogens is 239 g/mol. The smallest absolute Gasteiger partial charge is 0.144 e. The monoisotopic (exact) mass is 246 g/mol. The molecular formula is C12H7FN2OS. The van der Waals surface area contributed by atoms with Crippen molar-refractivity contribution in [3.63, 3.8) is 0 Å². The molecule has 0 bridgehead atoms. The largest absolute Gasteiger partial charge is 0.506 e. The number of hydrogen-bond donors (Lipinski definition) is 1. The Morgan fingerprint density at radius 3 is 2.94 bits per heavy atom. The quantitative estimate of drug-likeness (QED) is 0.717. The number of fused-ring (bicyclic) bond motifs is 1. The van der Waals surface area contributed by atoms with Crippen molar-refractivity contribution in [2.75, 3.05) is 0 Å². The fourth-order valence-electron chi connectivity index (χ4n) is 1.58. The lowest BCUT2D eigenvalue weighted by atomic mass is 10.2. The van der Waals surface area contributed by atoms with E-state index in [1.54, 1.807) is 18.3 Å². The summed E-state index contributed by atoms with van der Waals surface area (Å²) in [5, 5.41) is 10.3. The van der Waals surface area contributed by atoms with Crippen LogP contribution in [0.5, 0.6) is 5.75 Å². The minimum atomic E-state index is -0.312. The normalized spacial score (nSPS) is 10.9. The van der Waals surface area contributed by atoms with Gasteiger partial charge in [0, 0.05) is 12.3 Å². The molecule has 17 heavy (non-hydrogen) atoms. The average molecular weight is 246 g/mol. The average Bonchev–Trinajstić information content (AvgIpc) is 2.72. The summed E-state index contributed by atoms with van der Waals surface area (Å²) in [6.07, 6.45) is 2.95. The van der Waals surface area contributed by atoms with Crippen LogP contribution in [0.4, 0.5) is 4.39 Å². The minimum Gasteiger partial charge on any atom is -0.506 e. The number of pyridine rings is 1. The molecule has 0 aliphatic rings. The molecule has 0 atom stereocenters. The molecule has 1 N–H and O–H groups in total. The van der Waals surface area contributed by atoms with Crippen molar-refractivity contribution >= 4 is 21.6 Å². The molecule has 3 rings (SSSR count). The van der Waals surface area contributed by atoms with Crippen molar-refractivity contribution in [2.24, 2.45) is 0 Å². The summed E-state index contributed by atoms with van der Waals surface area (Å²) >= 11 is 1.41. The van der Waals surface area contributed by atoms with Crippen LogP contribution in [0.15, 0.2) is 36.7 Å². The molecule has 5 heteroatoms. The van der Waals surface area contributed by atoms with Crippen LogP contribution in [0.25, 0.3) is 20.8 Å². The van der Waals surface area contributed by atoms with E-state index in [1.807, 2.05) is 0 Å². The third-order valence-electron chi connectivity index (χ3n) is 2.38. The fraction of sp³-hybridized carbons (Fsp3) is 0. The molecule has 0 spiro atoms. The molecule has 2 aromatic heterocycles. The maximum absolute atomic E-state index is 13.0. The van der Waals surface area contributed by atoms with Crippen LogP contribution in [-0.4, -0.2) is 15.1 Å². The van der Waals surface area contributed by atoms with Crippen LogP contribution >= 0.6 is 11.3 Å². The number of halogens is 1. The zero-order valence-electron chi connectivity index (χ0n) is 8.59. The summed E-state index contributed by atoms with van der Waals surface area (Å²) < 4.78 is 13.9. The first-order chi connectivity index (χ1) is 8.24. The standard InChI is InChI=1S/C12H7FN2OS/c13-7-1-2-11-9(5-7)15-12(17-11)8-3-4-14-6-10(8)16/h1-6,16H. The highest BCUT2D eigenvalue weighted by molar-refractivity contribution is 7.21. The van der Waals surface area contributed by atoms with E-state index < -0.39 is 0 Å². The Morgan fingerprint density at radius 2 is 2.12 bits per heavy atom. The van der Waals surface area contributed by atoms with Crippen molar-refractivity contribution in [1.29, 1.82) is 0 Å². The van der Waals surface area contributed by atoms with Gasteiger partial charge in [0.15, 0.2) is 0 Å². The highest BCUT2D eigenvalue weighted by Crippen LogP contribution is 2.34. The highest BCUT2D eigenvalue weighted by atomic mass is 32.1. The molecule has 0 aliphatic carbocycles. The number of aromatic hydroxyl groups is 1. The van der Waals surface area contributed by atoms with Gasteiger partial charge in [-0.15, -0.1) is 11.3 Å². The van der Waals surface area contributed by atoms with Crippen molar-refractivity contribution < 1.29 is 9.50 Å². The first kappa shape index (κ1) is 10.2. The van der Waals surface area contributed by atoms with Crippen LogP contribution in [-0.2, 0) is 0 Å². The summed E-state index contributed by atoms with van der Waals surface area (Å²) in [5.74, 6) is -0.236. The molecule has 0 aliphatic heterocycles. The Labute approximate surface area is 100 Å². The second-order valence-corrected chi connectivity index (χ2v) is 4.55. The summed E-state index contributed by atoms with van der Waals surface area (Å²) in [6, 6.07) is 6.15. The number of benzene rings is 1. The van der Waals surface area contributed by atoms with Gasteiger partial charge in [-0.3, -0.25) is 4.98 Å². The molecule has 0 radical (unpaired) electrons. The predicted molar refractivity (Wildman–Crippen MR) is 64.5 cm³/mol. The van der Waals surface area contributed by atoms with Gasteiger partial charge in [0.1, 0.15) is 16.6 Å². The van der Waals surface area contributed by atoms with E-state index in [9.17, 15) is 9.50 Å². The molecule has 0 saturated heterocycles. The Bertz CT molecular complexity index is 696. The van der Waals surface area contributed by atoms with E-state index in [0.717, 1.165) is 4.70 Å². The second kappa shape index (κ2) is 3.78. The lowest BCUT2D eigenvalue weighted by Crippen LogP contribution is -1.79. The van der Waals surface area contributed by atoms with Gasteiger partial charge in [-0.25, -0.2) is 9.37 Å². The third kappa shape index (κ3) is 1.74. The molecule has 2 heterocycles. The maximum Gasteiger partial charge on any atom is 0.144 e. The molecule has 3 nitrogen and oxygen atoms in total. The first-order valence-corrected chi connectivity index (χ1v) is 5.75. The maximum atomic E-state index is 13.0. The van der Waals surface area contributed by atoms with Gasteiger partial charge in [-0.1, -0.05) is 0 Å². The molecule has 84 valence electrons. The van der Waals surface area contributed by atoms with E-state index in [2.05, 4.69) is 9.97 Å². The molecule has 1 aromatic carbocycles. The predicted octanol–water partition coefficient (Wildman–Crippen LogP) is 3.20. The Morgan fingerprint density at radius 1 is 1.24 bits per heavy atom. The van der Waals surface area contributed by atoms with Gasteiger partial charge < -0.3 is 5.11 Å². The molecule has 3 aromatic rings. The summed E-state index contributed by atoms with van der Waals surface area (Å²) in [5.41, 5.74) is 1.21. The number of rotatable bonds is 1. The number of thiazole rings is 1. The van der Waals surface area contributed by atoms with Gasteiger partial charge in [0.05, 0.1) is 22.0 Å². The number of nitrogens with zero attached hydrogens (tertiary/aromatic N) is 2. The van der Waals surface area contributed by atoms with Crippen molar-refractivity contribution in [2.45, 2.75) is 0 Å². The number of hydrogen-bond acceptors (Lipinski definition) is 4. The Hall–Kier alpha value is -2.01. The lowest BCUT2D eigenvalue weighted by Gasteiger charge is -1.97. The van der Waals surface area contributed by atoms with Crippen LogP contribution in [0, 0.1) is 5.82 Å². The van der Waals surface area contributed by atoms with E-state index >= 15 is 0 Å². The minimum absolute atomic E-state index is 0.0760. The van der Waals surface area contributed by atoms with Crippen LogP contribution in [0.2, 0.25) is 0 Å². The fourth-order valence-corrected chi connectivity index (χ4v) is 2.56. The third-order valence-corrected chi connectivity index (χ3v) is 3.45. The summed E-state index contributed by atoms with van der Waals surface area (Å²) in [4.78, 5) is 8.10. The molecule has 0 unspecified atom stereocenters. The van der Waals surface area contributed by atoms with E-state index in [1.165, 1.54) is 29.7 Å². The number of aromatic nitrogens is 2. The molecule has 0 saturated carbocycles. The zero-order valence-corrected chi connectivity index (χ0v) is 9.41. The van der Waals surface area contributed by atoms with Gasteiger partial charge in [0.2, 0.25) is 0 Å². The Kier molecular flexibility index (Phi) is 2.26. The SMILES string of the molecule is Oc1cnccc1-c1nc2cc(F)ccc2s1. The Balaban J connectivity index is 2.22. The second-order valence-electron chi connectivity index (χ2n) is 3.52. The zero-order chi connectivity index (χ0) is 11.8. The van der Waals surface area contributed by atoms with Gasteiger partial charge in [-0.2, -0.15) is 0 Å².